The predicted octanol–water partition coefficient (Wildman–Crippen LogP) is 2.16. The average Bonchev–Trinajstić information content (AvgIpc) is 2.32. The summed E-state index contributed by atoms with van der Waals surface area (Å²) in [5, 5.41) is 2.66. The first-order valence-electron chi connectivity index (χ1n) is 5.85. The third-order valence-electron chi connectivity index (χ3n) is 2.99. The van der Waals surface area contributed by atoms with Crippen molar-refractivity contribution in [3.63, 3.8) is 0 Å². The first kappa shape index (κ1) is 14.8. The molecule has 0 aliphatic rings. The van der Waals surface area contributed by atoms with Crippen LogP contribution >= 0.6 is 15.9 Å². The average molecular weight is 314 g/mol. The van der Waals surface area contributed by atoms with Gasteiger partial charge in [0.05, 0.1) is 11.6 Å². The lowest BCUT2D eigenvalue weighted by molar-refractivity contribution is -0.123. The van der Waals surface area contributed by atoms with Crippen molar-refractivity contribution in [1.82, 2.24) is 5.32 Å². The van der Waals surface area contributed by atoms with Crippen LogP contribution in [0.1, 0.15) is 12.5 Å². The molecule has 0 aliphatic carbocycles. The molecular weight excluding hydrogens is 294 g/mol. The number of hydrogen-bond acceptors (Lipinski definition) is 3. The van der Waals surface area contributed by atoms with E-state index in [1.54, 1.807) is 7.05 Å². The number of benzene rings is 1. The Morgan fingerprint density at radius 1 is 1.56 bits per heavy atom. The standard InChI is InChI=1S/C13H20BrN3O/c1-8-5-12(10(14)6-11(8)15)17(4)7-9(2)13(18)16-3/h5-6,9H,7,15H2,1-4H3,(H,16,18). The van der Waals surface area contributed by atoms with Gasteiger partial charge in [-0.3, -0.25) is 4.79 Å². The van der Waals surface area contributed by atoms with Crippen molar-refractivity contribution in [2.24, 2.45) is 5.92 Å². The Balaban J connectivity index is 2.87. The van der Waals surface area contributed by atoms with Crippen LogP contribution in [-0.4, -0.2) is 26.5 Å². The minimum Gasteiger partial charge on any atom is -0.398 e. The molecule has 1 aromatic carbocycles. The van der Waals surface area contributed by atoms with Crippen LogP contribution in [0.25, 0.3) is 0 Å². The molecule has 1 amide bonds. The fourth-order valence-corrected chi connectivity index (χ4v) is 2.48. The van der Waals surface area contributed by atoms with Crippen LogP contribution < -0.4 is 16.0 Å². The van der Waals surface area contributed by atoms with Crippen LogP contribution in [0.5, 0.6) is 0 Å². The maximum absolute atomic E-state index is 11.5. The lowest BCUT2D eigenvalue weighted by atomic mass is 10.1. The molecule has 4 nitrogen and oxygen atoms in total. The van der Waals surface area contributed by atoms with Gasteiger partial charge in [-0.1, -0.05) is 6.92 Å². The molecule has 1 rings (SSSR count). The summed E-state index contributed by atoms with van der Waals surface area (Å²) in [6, 6.07) is 3.92. The molecule has 0 heterocycles. The lowest BCUT2D eigenvalue weighted by Crippen LogP contribution is -2.34. The molecule has 0 saturated carbocycles. The molecule has 0 bridgehead atoms. The van der Waals surface area contributed by atoms with Gasteiger partial charge in [-0.2, -0.15) is 0 Å². The fourth-order valence-electron chi connectivity index (χ4n) is 1.81. The Labute approximate surface area is 117 Å². The van der Waals surface area contributed by atoms with Crippen LogP contribution in [-0.2, 0) is 4.79 Å². The van der Waals surface area contributed by atoms with Gasteiger partial charge >= 0.3 is 0 Å². The smallest absolute Gasteiger partial charge is 0.224 e. The molecule has 0 spiro atoms. The third-order valence-corrected chi connectivity index (χ3v) is 3.62. The molecule has 1 aromatic rings. The van der Waals surface area contributed by atoms with E-state index in [1.165, 1.54) is 0 Å². The SMILES string of the molecule is CNC(=O)C(C)CN(C)c1cc(C)c(N)cc1Br. The van der Waals surface area contributed by atoms with Crippen LogP contribution in [0.15, 0.2) is 16.6 Å². The van der Waals surface area contributed by atoms with Crippen molar-refractivity contribution < 1.29 is 4.79 Å². The van der Waals surface area contributed by atoms with Crippen molar-refractivity contribution in [1.29, 1.82) is 0 Å². The highest BCUT2D eigenvalue weighted by Gasteiger charge is 2.16. The van der Waals surface area contributed by atoms with Gasteiger partial charge in [0.25, 0.3) is 0 Å². The maximum atomic E-state index is 11.5. The number of nitrogens with zero attached hydrogens (tertiary/aromatic N) is 1. The maximum Gasteiger partial charge on any atom is 0.224 e. The number of nitrogens with two attached hydrogens (primary N) is 1. The quantitative estimate of drug-likeness (QED) is 0.837. The summed E-state index contributed by atoms with van der Waals surface area (Å²) in [5.41, 5.74) is 8.68. The molecule has 18 heavy (non-hydrogen) atoms. The van der Waals surface area contributed by atoms with E-state index >= 15 is 0 Å². The van der Waals surface area contributed by atoms with Gasteiger partial charge in [0.1, 0.15) is 0 Å². The van der Waals surface area contributed by atoms with Crippen molar-refractivity contribution in [3.05, 3.63) is 22.2 Å². The Morgan fingerprint density at radius 3 is 2.72 bits per heavy atom. The van der Waals surface area contributed by atoms with E-state index in [0.29, 0.717) is 6.54 Å². The summed E-state index contributed by atoms with van der Waals surface area (Å²) < 4.78 is 0.942. The number of amides is 1. The first-order chi connectivity index (χ1) is 8.36. The highest BCUT2D eigenvalue weighted by molar-refractivity contribution is 9.10. The highest BCUT2D eigenvalue weighted by atomic mass is 79.9. The molecule has 0 aromatic heterocycles. The van der Waals surface area contributed by atoms with Gasteiger partial charge in [-0.25, -0.2) is 0 Å². The summed E-state index contributed by atoms with van der Waals surface area (Å²) in [6.45, 7) is 4.54. The van der Waals surface area contributed by atoms with Crippen LogP contribution in [0.4, 0.5) is 11.4 Å². The summed E-state index contributed by atoms with van der Waals surface area (Å²) in [5.74, 6) is -0.0186. The number of nitrogens with one attached hydrogen (secondary N) is 1. The molecule has 0 saturated heterocycles. The third kappa shape index (κ3) is 3.38. The largest absolute Gasteiger partial charge is 0.398 e. The van der Waals surface area contributed by atoms with Gasteiger partial charge in [0.2, 0.25) is 5.91 Å². The predicted molar refractivity (Wildman–Crippen MR) is 79.8 cm³/mol. The molecule has 1 unspecified atom stereocenters. The molecule has 0 aliphatic heterocycles. The minimum absolute atomic E-state index is 0.0464. The Kier molecular flexibility index (Phi) is 5.02. The summed E-state index contributed by atoms with van der Waals surface area (Å²) in [7, 11) is 3.62. The Morgan fingerprint density at radius 2 is 2.17 bits per heavy atom. The van der Waals surface area contributed by atoms with E-state index < -0.39 is 0 Å². The zero-order valence-corrected chi connectivity index (χ0v) is 12.8. The number of hydrogen-bond donors (Lipinski definition) is 2. The zero-order valence-electron chi connectivity index (χ0n) is 11.2. The van der Waals surface area contributed by atoms with Gasteiger partial charge in [0, 0.05) is 30.8 Å². The van der Waals surface area contributed by atoms with E-state index in [2.05, 4.69) is 26.1 Å². The second-order valence-electron chi connectivity index (χ2n) is 4.56. The Bertz CT molecular complexity index is 448. The van der Waals surface area contributed by atoms with Gasteiger partial charge in [-0.05, 0) is 40.5 Å². The summed E-state index contributed by atoms with van der Waals surface area (Å²) >= 11 is 3.50. The highest BCUT2D eigenvalue weighted by Crippen LogP contribution is 2.30. The zero-order chi connectivity index (χ0) is 13.9. The first-order valence-corrected chi connectivity index (χ1v) is 6.64. The number of nitrogen functional groups attached to an aromatic ring is 1. The van der Waals surface area contributed by atoms with Gasteiger partial charge in [0.15, 0.2) is 0 Å². The number of carbonyl (C=O) groups is 1. The summed E-state index contributed by atoms with van der Waals surface area (Å²) in [6.07, 6.45) is 0. The van der Waals surface area contributed by atoms with E-state index in [4.69, 9.17) is 5.73 Å². The van der Waals surface area contributed by atoms with Crippen LogP contribution in [0, 0.1) is 12.8 Å². The van der Waals surface area contributed by atoms with E-state index in [9.17, 15) is 4.79 Å². The molecule has 3 N–H and O–H groups in total. The van der Waals surface area contributed by atoms with E-state index in [1.807, 2.05) is 33.0 Å². The monoisotopic (exact) mass is 313 g/mol. The van der Waals surface area contributed by atoms with Crippen molar-refractivity contribution in [2.45, 2.75) is 13.8 Å². The van der Waals surface area contributed by atoms with Gasteiger partial charge < -0.3 is 16.0 Å². The number of carbonyl (C=O) groups excluding carboxylic acids is 1. The molecular formula is C13H20BrN3O. The molecule has 0 radical (unpaired) electrons. The molecule has 100 valence electrons. The van der Waals surface area contributed by atoms with Crippen molar-refractivity contribution >= 4 is 33.2 Å². The van der Waals surface area contributed by atoms with Crippen molar-refractivity contribution in [2.75, 3.05) is 31.3 Å². The van der Waals surface area contributed by atoms with Gasteiger partial charge in [-0.15, -0.1) is 0 Å². The molecule has 1 atom stereocenters. The van der Waals surface area contributed by atoms with Crippen molar-refractivity contribution in [3.8, 4) is 0 Å². The number of anilines is 2. The molecule has 5 heteroatoms. The Hall–Kier alpha value is -1.23. The van der Waals surface area contributed by atoms with E-state index in [-0.39, 0.29) is 11.8 Å². The number of aryl methyl sites for hydroxylation is 1. The van der Waals surface area contributed by atoms with E-state index in [0.717, 1.165) is 21.4 Å². The lowest BCUT2D eigenvalue weighted by Gasteiger charge is -2.24. The van der Waals surface area contributed by atoms with Crippen LogP contribution in [0.2, 0.25) is 0 Å². The van der Waals surface area contributed by atoms with Crippen LogP contribution in [0.3, 0.4) is 0 Å². The minimum atomic E-state index is -0.0650. The topological polar surface area (TPSA) is 58.4 Å². The molecule has 0 fully saturated rings. The normalized spacial score (nSPS) is 12.1. The fraction of sp³-hybridized carbons (Fsp3) is 0.462. The second-order valence-corrected chi connectivity index (χ2v) is 5.41. The second kappa shape index (κ2) is 6.09. The number of rotatable bonds is 4. The summed E-state index contributed by atoms with van der Waals surface area (Å²) in [4.78, 5) is 13.6. The number of halogens is 1.